The lowest BCUT2D eigenvalue weighted by atomic mass is 10.0. The number of likely N-dealkylation sites (tertiary alicyclic amines) is 1. The lowest BCUT2D eigenvalue weighted by Gasteiger charge is -2.18. The van der Waals surface area contributed by atoms with E-state index in [1.54, 1.807) is 11.8 Å². The van der Waals surface area contributed by atoms with Crippen molar-refractivity contribution in [1.82, 2.24) is 10.2 Å². The zero-order chi connectivity index (χ0) is 16.1. The van der Waals surface area contributed by atoms with Crippen molar-refractivity contribution in [3.63, 3.8) is 0 Å². The van der Waals surface area contributed by atoms with Gasteiger partial charge in [-0.05, 0) is 43.9 Å². The van der Waals surface area contributed by atoms with Gasteiger partial charge in [-0.1, -0.05) is 0 Å². The fourth-order valence-electron chi connectivity index (χ4n) is 2.72. The molecule has 1 aliphatic rings. The Balaban J connectivity index is 1.69. The predicted octanol–water partition coefficient (Wildman–Crippen LogP) is 2.31. The van der Waals surface area contributed by atoms with Gasteiger partial charge in [0, 0.05) is 31.6 Å². The first kappa shape index (κ1) is 16.7. The SMILES string of the molecule is C[C@H](O)[C@@H]1CCN(C(=O)NCCCc2cc(F)cc(F)c2)C1. The number of hydrogen-bond acceptors (Lipinski definition) is 2. The Morgan fingerprint density at radius 1 is 1.41 bits per heavy atom. The highest BCUT2D eigenvalue weighted by atomic mass is 19.1. The van der Waals surface area contributed by atoms with Crippen molar-refractivity contribution in [2.75, 3.05) is 19.6 Å². The molecule has 0 unspecified atom stereocenters. The Bertz CT molecular complexity index is 503. The molecule has 0 bridgehead atoms. The number of aliphatic hydroxyl groups is 1. The number of rotatable bonds is 5. The van der Waals surface area contributed by atoms with Gasteiger partial charge in [0.25, 0.3) is 0 Å². The summed E-state index contributed by atoms with van der Waals surface area (Å²) in [5, 5.41) is 12.3. The normalized spacial score (nSPS) is 19.3. The molecule has 1 aromatic carbocycles. The number of carbonyl (C=O) groups is 1. The average Bonchev–Trinajstić information content (AvgIpc) is 2.92. The van der Waals surface area contributed by atoms with E-state index < -0.39 is 17.7 Å². The first-order chi connectivity index (χ1) is 10.5. The molecule has 22 heavy (non-hydrogen) atoms. The molecule has 122 valence electrons. The molecule has 6 heteroatoms. The second-order valence-corrected chi connectivity index (χ2v) is 5.85. The lowest BCUT2D eigenvalue weighted by Crippen LogP contribution is -2.39. The monoisotopic (exact) mass is 312 g/mol. The molecule has 2 N–H and O–H groups in total. The molecule has 0 radical (unpaired) electrons. The number of benzene rings is 1. The molecule has 0 aromatic heterocycles. The van der Waals surface area contributed by atoms with Crippen LogP contribution in [0.4, 0.5) is 13.6 Å². The minimum absolute atomic E-state index is 0.140. The lowest BCUT2D eigenvalue weighted by molar-refractivity contribution is 0.129. The first-order valence-electron chi connectivity index (χ1n) is 7.61. The number of urea groups is 1. The molecule has 1 fully saturated rings. The summed E-state index contributed by atoms with van der Waals surface area (Å²) in [6, 6.07) is 3.31. The van der Waals surface area contributed by atoms with Crippen LogP contribution in [-0.2, 0) is 6.42 Å². The molecule has 0 saturated carbocycles. The number of aryl methyl sites for hydroxylation is 1. The minimum atomic E-state index is -0.583. The highest BCUT2D eigenvalue weighted by Gasteiger charge is 2.28. The Morgan fingerprint density at radius 2 is 2.09 bits per heavy atom. The number of hydrogen-bond donors (Lipinski definition) is 2. The number of amides is 2. The van der Waals surface area contributed by atoms with E-state index in [1.807, 2.05) is 0 Å². The maximum absolute atomic E-state index is 13.0. The van der Waals surface area contributed by atoms with Crippen LogP contribution >= 0.6 is 0 Å². The van der Waals surface area contributed by atoms with Crippen molar-refractivity contribution in [3.8, 4) is 0 Å². The van der Waals surface area contributed by atoms with Gasteiger partial charge >= 0.3 is 6.03 Å². The number of nitrogens with one attached hydrogen (secondary N) is 1. The first-order valence-corrected chi connectivity index (χ1v) is 7.61. The summed E-state index contributed by atoms with van der Waals surface area (Å²) >= 11 is 0. The Labute approximate surface area is 129 Å². The maximum atomic E-state index is 13.0. The van der Waals surface area contributed by atoms with Gasteiger partial charge in [-0.2, -0.15) is 0 Å². The summed E-state index contributed by atoms with van der Waals surface area (Å²) < 4.78 is 26.1. The average molecular weight is 312 g/mol. The van der Waals surface area contributed by atoms with Crippen LogP contribution in [0.1, 0.15) is 25.3 Å². The summed E-state index contributed by atoms with van der Waals surface area (Å²) in [6.07, 6.45) is 1.53. The van der Waals surface area contributed by atoms with Crippen LogP contribution in [-0.4, -0.2) is 41.8 Å². The van der Waals surface area contributed by atoms with Crippen LogP contribution < -0.4 is 5.32 Å². The van der Waals surface area contributed by atoms with Crippen molar-refractivity contribution < 1.29 is 18.7 Å². The van der Waals surface area contributed by atoms with Gasteiger partial charge in [-0.25, -0.2) is 13.6 Å². The van der Waals surface area contributed by atoms with E-state index in [0.717, 1.165) is 12.5 Å². The van der Waals surface area contributed by atoms with Crippen LogP contribution in [0.25, 0.3) is 0 Å². The summed E-state index contributed by atoms with van der Waals surface area (Å²) in [6.45, 7) is 3.41. The molecule has 4 nitrogen and oxygen atoms in total. The van der Waals surface area contributed by atoms with Gasteiger partial charge in [0.05, 0.1) is 6.10 Å². The highest BCUT2D eigenvalue weighted by molar-refractivity contribution is 5.74. The van der Waals surface area contributed by atoms with E-state index in [9.17, 15) is 18.7 Å². The van der Waals surface area contributed by atoms with Crippen LogP contribution in [0.15, 0.2) is 18.2 Å². The topological polar surface area (TPSA) is 52.6 Å². The summed E-state index contributed by atoms with van der Waals surface area (Å²) in [5.74, 6) is -1.03. The van der Waals surface area contributed by atoms with Gasteiger partial charge in [0.1, 0.15) is 11.6 Å². The second-order valence-electron chi connectivity index (χ2n) is 5.85. The van der Waals surface area contributed by atoms with Gasteiger partial charge in [-0.3, -0.25) is 0 Å². The molecule has 0 spiro atoms. The zero-order valence-corrected chi connectivity index (χ0v) is 12.7. The minimum Gasteiger partial charge on any atom is -0.393 e. The van der Waals surface area contributed by atoms with Gasteiger partial charge in [-0.15, -0.1) is 0 Å². The summed E-state index contributed by atoms with van der Waals surface area (Å²) in [5.41, 5.74) is 0.585. The molecule has 1 heterocycles. The molecule has 0 aliphatic carbocycles. The van der Waals surface area contributed by atoms with Crippen LogP contribution in [0.2, 0.25) is 0 Å². The third-order valence-electron chi connectivity index (χ3n) is 4.03. The van der Waals surface area contributed by atoms with Crippen LogP contribution in [0.5, 0.6) is 0 Å². The Morgan fingerprint density at radius 3 is 2.68 bits per heavy atom. The standard InChI is InChI=1S/C16H22F2N2O2/c1-11(21)13-4-6-20(10-13)16(22)19-5-2-3-12-7-14(17)9-15(18)8-12/h7-9,11,13,21H,2-6,10H2,1H3,(H,19,22)/t11-,13+/m0/s1. The molecular formula is C16H22F2N2O2. The zero-order valence-electron chi connectivity index (χ0n) is 12.7. The quantitative estimate of drug-likeness (QED) is 0.820. The van der Waals surface area contributed by atoms with E-state index in [0.29, 0.717) is 38.0 Å². The van der Waals surface area contributed by atoms with Crippen LogP contribution in [0.3, 0.4) is 0 Å². The molecule has 2 rings (SSSR count). The smallest absolute Gasteiger partial charge is 0.317 e. The molecule has 1 aliphatic heterocycles. The van der Waals surface area contributed by atoms with Crippen LogP contribution in [0, 0.1) is 17.6 Å². The van der Waals surface area contributed by atoms with Crippen molar-refractivity contribution in [3.05, 3.63) is 35.4 Å². The number of halogens is 2. The third-order valence-corrected chi connectivity index (χ3v) is 4.03. The fourth-order valence-corrected chi connectivity index (χ4v) is 2.72. The third kappa shape index (κ3) is 4.66. The van der Waals surface area contributed by atoms with Crippen molar-refractivity contribution in [2.45, 2.75) is 32.3 Å². The maximum Gasteiger partial charge on any atom is 0.317 e. The number of nitrogens with zero attached hydrogens (tertiary/aromatic N) is 1. The number of carbonyl (C=O) groups excluding carboxylic acids is 1. The summed E-state index contributed by atoms with van der Waals surface area (Å²) in [7, 11) is 0. The van der Waals surface area contributed by atoms with Crippen molar-refractivity contribution >= 4 is 6.03 Å². The Hall–Kier alpha value is -1.69. The van der Waals surface area contributed by atoms with E-state index in [1.165, 1.54) is 12.1 Å². The molecule has 2 atom stereocenters. The fraction of sp³-hybridized carbons (Fsp3) is 0.562. The van der Waals surface area contributed by atoms with Gasteiger partial charge in [0.2, 0.25) is 0 Å². The van der Waals surface area contributed by atoms with Gasteiger partial charge < -0.3 is 15.3 Å². The predicted molar refractivity (Wildman–Crippen MR) is 79.4 cm³/mol. The molecule has 1 aromatic rings. The highest BCUT2D eigenvalue weighted by Crippen LogP contribution is 2.19. The van der Waals surface area contributed by atoms with E-state index in [-0.39, 0.29) is 11.9 Å². The Kier molecular flexibility index (Phi) is 5.71. The number of aliphatic hydroxyl groups excluding tert-OH is 1. The largest absolute Gasteiger partial charge is 0.393 e. The van der Waals surface area contributed by atoms with E-state index >= 15 is 0 Å². The van der Waals surface area contributed by atoms with E-state index in [4.69, 9.17) is 0 Å². The molecule has 1 saturated heterocycles. The summed E-state index contributed by atoms with van der Waals surface area (Å²) in [4.78, 5) is 13.6. The molecular weight excluding hydrogens is 290 g/mol. The van der Waals surface area contributed by atoms with Crippen molar-refractivity contribution in [2.24, 2.45) is 5.92 Å². The van der Waals surface area contributed by atoms with Gasteiger partial charge in [0.15, 0.2) is 0 Å². The van der Waals surface area contributed by atoms with E-state index in [2.05, 4.69) is 5.32 Å². The van der Waals surface area contributed by atoms with Crippen molar-refractivity contribution in [1.29, 1.82) is 0 Å². The second kappa shape index (κ2) is 7.54. The molecule has 2 amide bonds.